The third kappa shape index (κ3) is 8.16. The van der Waals surface area contributed by atoms with Gasteiger partial charge in [0.25, 0.3) is 10.0 Å². The molecule has 0 aliphatic carbocycles. The summed E-state index contributed by atoms with van der Waals surface area (Å²) >= 11 is 19.3. The first-order chi connectivity index (χ1) is 19.4. The number of carbonyl (C=O) groups excluding carboxylic acids is 2. The van der Waals surface area contributed by atoms with E-state index in [2.05, 4.69) is 5.32 Å². The number of hydrogen-bond donors (Lipinski definition) is 1. The van der Waals surface area contributed by atoms with Gasteiger partial charge in [-0.2, -0.15) is 0 Å². The van der Waals surface area contributed by atoms with Crippen LogP contribution in [-0.2, 0) is 26.2 Å². The third-order valence-corrected chi connectivity index (χ3v) is 9.42. The van der Waals surface area contributed by atoms with Crippen LogP contribution in [0.2, 0.25) is 15.1 Å². The van der Waals surface area contributed by atoms with Crippen molar-refractivity contribution in [3.05, 3.63) is 92.9 Å². The molecule has 11 heteroatoms. The number of carbonyl (C=O) groups is 2. The summed E-state index contributed by atoms with van der Waals surface area (Å²) in [4.78, 5) is 28.8. The number of halogens is 3. The highest BCUT2D eigenvalue weighted by Gasteiger charge is 2.34. The minimum absolute atomic E-state index is 0.00640. The molecular formula is C30H34Cl3N3O4S. The van der Waals surface area contributed by atoms with E-state index < -0.39 is 28.5 Å². The van der Waals surface area contributed by atoms with Crippen molar-refractivity contribution in [1.29, 1.82) is 0 Å². The van der Waals surface area contributed by atoms with Crippen LogP contribution in [-0.4, -0.2) is 44.3 Å². The Labute approximate surface area is 257 Å². The van der Waals surface area contributed by atoms with Crippen LogP contribution in [0.3, 0.4) is 0 Å². The minimum Gasteiger partial charge on any atom is -0.354 e. The lowest BCUT2D eigenvalue weighted by atomic mass is 10.1. The van der Waals surface area contributed by atoms with Crippen LogP contribution < -0.4 is 9.62 Å². The van der Waals surface area contributed by atoms with Gasteiger partial charge in [0.05, 0.1) is 10.6 Å². The summed E-state index contributed by atoms with van der Waals surface area (Å²) in [5.74, 6) is -0.770. The molecule has 0 aliphatic rings. The fourth-order valence-corrected chi connectivity index (χ4v) is 6.30. The number of amides is 2. The fraction of sp³-hybridized carbons (Fsp3) is 0.333. The normalized spacial score (nSPS) is 12.2. The van der Waals surface area contributed by atoms with Gasteiger partial charge in [0.15, 0.2) is 0 Å². The van der Waals surface area contributed by atoms with Crippen LogP contribution >= 0.6 is 34.8 Å². The van der Waals surface area contributed by atoms with Crippen LogP contribution in [0, 0.1) is 12.8 Å². The number of anilines is 1. The maximum atomic E-state index is 14.1. The Bertz CT molecular complexity index is 1460. The second-order valence-electron chi connectivity index (χ2n) is 10.0. The van der Waals surface area contributed by atoms with Crippen LogP contribution in [0.4, 0.5) is 5.69 Å². The highest BCUT2D eigenvalue weighted by molar-refractivity contribution is 7.92. The van der Waals surface area contributed by atoms with Crippen molar-refractivity contribution >= 4 is 62.3 Å². The molecule has 0 saturated heterocycles. The molecular weight excluding hydrogens is 605 g/mol. The summed E-state index contributed by atoms with van der Waals surface area (Å²) in [6.45, 7) is 7.24. The van der Waals surface area contributed by atoms with Crippen LogP contribution in [0.15, 0.2) is 71.6 Å². The number of rotatable bonds is 12. The van der Waals surface area contributed by atoms with Crippen LogP contribution in [0.1, 0.15) is 38.3 Å². The maximum absolute atomic E-state index is 14.1. The average Bonchev–Trinajstić information content (AvgIpc) is 2.93. The van der Waals surface area contributed by atoms with E-state index in [1.165, 1.54) is 23.1 Å². The molecule has 0 saturated carbocycles. The summed E-state index contributed by atoms with van der Waals surface area (Å²) in [5, 5.41) is 3.89. The highest BCUT2D eigenvalue weighted by atomic mass is 35.5. The number of aryl methyl sites for hydroxylation is 1. The second-order valence-corrected chi connectivity index (χ2v) is 13.1. The molecule has 0 fully saturated rings. The summed E-state index contributed by atoms with van der Waals surface area (Å²) in [6.07, 6.45) is 0.277. The molecule has 3 aromatic rings. The van der Waals surface area contributed by atoms with Crippen molar-refractivity contribution in [2.24, 2.45) is 5.92 Å². The Balaban J connectivity index is 2.10. The zero-order valence-electron chi connectivity index (χ0n) is 23.4. The zero-order valence-corrected chi connectivity index (χ0v) is 26.5. The van der Waals surface area contributed by atoms with E-state index in [4.69, 9.17) is 34.8 Å². The smallest absolute Gasteiger partial charge is 0.264 e. The maximum Gasteiger partial charge on any atom is 0.264 e. The Hall–Kier alpha value is -2.78. The molecule has 0 heterocycles. The summed E-state index contributed by atoms with van der Waals surface area (Å²) in [5.41, 5.74) is 1.42. The number of hydrogen-bond acceptors (Lipinski definition) is 4. The van der Waals surface area contributed by atoms with Gasteiger partial charge in [0.2, 0.25) is 11.8 Å². The predicted molar refractivity (Wildman–Crippen MR) is 166 cm³/mol. The molecule has 0 radical (unpaired) electrons. The fourth-order valence-electron chi connectivity index (χ4n) is 4.18. The first-order valence-corrected chi connectivity index (χ1v) is 15.8. The van der Waals surface area contributed by atoms with Crippen molar-refractivity contribution in [1.82, 2.24) is 10.2 Å². The second kappa shape index (κ2) is 14.4. The molecule has 7 nitrogen and oxygen atoms in total. The lowest BCUT2D eigenvalue weighted by molar-refractivity contribution is -0.140. The predicted octanol–water partition coefficient (Wildman–Crippen LogP) is 6.73. The Kier molecular flexibility index (Phi) is 11.5. The SMILES string of the molecule is CCC(C(=O)NCC(C)C)N(Cc1c(Cl)cccc1Cl)C(=O)CN(c1ccc(C)c(Cl)c1)S(=O)(=O)c1ccccc1. The van der Waals surface area contributed by atoms with E-state index in [1.54, 1.807) is 62.4 Å². The standard InChI is InChI=1S/C30H34Cl3N3O4S/c1-5-28(30(38)34-17-20(2)3)35(18-24-25(31)12-9-13-26(24)32)29(37)19-36(22-15-14-21(4)27(33)16-22)41(39,40)23-10-7-6-8-11-23/h6-16,20,28H,5,17-19H2,1-4H3,(H,34,38). The topological polar surface area (TPSA) is 86.8 Å². The third-order valence-electron chi connectivity index (χ3n) is 6.51. The van der Waals surface area contributed by atoms with E-state index in [1.807, 2.05) is 13.8 Å². The van der Waals surface area contributed by atoms with E-state index in [0.29, 0.717) is 27.2 Å². The Morgan fingerprint density at radius 2 is 1.54 bits per heavy atom. The molecule has 0 aliphatic heterocycles. The van der Waals surface area contributed by atoms with Gasteiger partial charge in [-0.1, -0.05) is 85.9 Å². The van der Waals surface area contributed by atoms with Crippen molar-refractivity contribution in [3.8, 4) is 0 Å². The van der Waals surface area contributed by atoms with Gasteiger partial charge in [-0.15, -0.1) is 0 Å². The van der Waals surface area contributed by atoms with Gasteiger partial charge >= 0.3 is 0 Å². The summed E-state index contributed by atoms with van der Waals surface area (Å²) in [6, 6.07) is 16.7. The van der Waals surface area contributed by atoms with E-state index in [0.717, 1.165) is 9.87 Å². The van der Waals surface area contributed by atoms with Gasteiger partial charge in [0, 0.05) is 33.7 Å². The van der Waals surface area contributed by atoms with Crippen molar-refractivity contribution in [2.75, 3.05) is 17.4 Å². The molecule has 1 unspecified atom stereocenters. The Morgan fingerprint density at radius 1 is 0.902 bits per heavy atom. The van der Waals surface area contributed by atoms with Crippen molar-refractivity contribution in [2.45, 2.75) is 51.6 Å². The lowest BCUT2D eigenvalue weighted by Gasteiger charge is -2.33. The van der Waals surface area contributed by atoms with Gasteiger partial charge < -0.3 is 10.2 Å². The molecule has 220 valence electrons. The van der Waals surface area contributed by atoms with Gasteiger partial charge in [-0.05, 0) is 61.2 Å². The van der Waals surface area contributed by atoms with E-state index in [9.17, 15) is 18.0 Å². The summed E-state index contributed by atoms with van der Waals surface area (Å²) in [7, 11) is -4.20. The van der Waals surface area contributed by atoms with E-state index in [-0.39, 0.29) is 35.4 Å². The van der Waals surface area contributed by atoms with Gasteiger partial charge in [-0.3, -0.25) is 13.9 Å². The van der Waals surface area contributed by atoms with E-state index >= 15 is 0 Å². The lowest BCUT2D eigenvalue weighted by Crippen LogP contribution is -2.52. The monoisotopic (exact) mass is 637 g/mol. The summed E-state index contributed by atoms with van der Waals surface area (Å²) < 4.78 is 28.8. The van der Waals surface area contributed by atoms with Crippen molar-refractivity contribution in [3.63, 3.8) is 0 Å². The molecule has 0 aromatic heterocycles. The van der Waals surface area contributed by atoms with Gasteiger partial charge in [0.1, 0.15) is 12.6 Å². The number of sulfonamides is 1. The number of benzene rings is 3. The molecule has 0 bridgehead atoms. The molecule has 41 heavy (non-hydrogen) atoms. The average molecular weight is 639 g/mol. The molecule has 1 atom stereocenters. The largest absolute Gasteiger partial charge is 0.354 e. The Morgan fingerprint density at radius 3 is 2.10 bits per heavy atom. The number of nitrogens with zero attached hydrogens (tertiary/aromatic N) is 2. The molecule has 0 spiro atoms. The zero-order chi connectivity index (χ0) is 30.3. The first kappa shape index (κ1) is 32.7. The van der Waals surface area contributed by atoms with Crippen LogP contribution in [0.5, 0.6) is 0 Å². The highest BCUT2D eigenvalue weighted by Crippen LogP contribution is 2.30. The molecule has 3 aromatic carbocycles. The number of nitrogens with one attached hydrogen (secondary N) is 1. The molecule has 3 rings (SSSR count). The van der Waals surface area contributed by atoms with Crippen molar-refractivity contribution < 1.29 is 18.0 Å². The molecule has 1 N–H and O–H groups in total. The first-order valence-electron chi connectivity index (χ1n) is 13.2. The van der Waals surface area contributed by atoms with Gasteiger partial charge in [-0.25, -0.2) is 8.42 Å². The van der Waals surface area contributed by atoms with Crippen LogP contribution in [0.25, 0.3) is 0 Å². The minimum atomic E-state index is -4.20. The quantitative estimate of drug-likeness (QED) is 0.238. The molecule has 2 amide bonds.